The van der Waals surface area contributed by atoms with Gasteiger partial charge < -0.3 is 15.3 Å². The fraction of sp³-hybridized carbons (Fsp3) is 0.148. The van der Waals surface area contributed by atoms with Crippen molar-refractivity contribution in [2.45, 2.75) is 12.6 Å². The van der Waals surface area contributed by atoms with Crippen LogP contribution in [0.3, 0.4) is 0 Å². The summed E-state index contributed by atoms with van der Waals surface area (Å²) < 4.78 is 6.41. The van der Waals surface area contributed by atoms with E-state index in [0.29, 0.717) is 41.6 Å². The Balaban J connectivity index is 1.49. The first-order chi connectivity index (χ1) is 16.7. The lowest BCUT2D eigenvalue weighted by Crippen LogP contribution is -2.39. The monoisotopic (exact) mass is 452 g/mol. The summed E-state index contributed by atoms with van der Waals surface area (Å²) in [7, 11) is 0. The van der Waals surface area contributed by atoms with Crippen molar-refractivity contribution in [3.05, 3.63) is 114 Å². The van der Waals surface area contributed by atoms with Gasteiger partial charge in [0.15, 0.2) is 0 Å². The van der Waals surface area contributed by atoms with Crippen molar-refractivity contribution in [3.8, 4) is 17.0 Å². The molecule has 7 heteroatoms. The van der Waals surface area contributed by atoms with Gasteiger partial charge in [-0.1, -0.05) is 66.7 Å². The molecular weight excluding hydrogens is 428 g/mol. The van der Waals surface area contributed by atoms with Gasteiger partial charge in [-0.15, -0.1) is 0 Å². The molecule has 0 saturated carbocycles. The van der Waals surface area contributed by atoms with E-state index in [1.54, 1.807) is 0 Å². The van der Waals surface area contributed by atoms with E-state index in [0.717, 1.165) is 23.0 Å². The SMILES string of the molecule is O=C(Nc1ccccc1)C1c2c[n+]([O-])cnc2OCCN1Cc1cccc(-c2ccccc2)c1. The Morgan fingerprint density at radius 3 is 2.56 bits per heavy atom. The van der Waals surface area contributed by atoms with Crippen LogP contribution in [0.2, 0.25) is 0 Å². The number of carbonyl (C=O) groups excluding carboxylic acids is 1. The van der Waals surface area contributed by atoms with Crippen LogP contribution in [-0.2, 0) is 11.3 Å². The molecule has 0 radical (unpaired) electrons. The van der Waals surface area contributed by atoms with Crippen molar-refractivity contribution < 1.29 is 14.3 Å². The van der Waals surface area contributed by atoms with E-state index in [2.05, 4.69) is 34.6 Å². The minimum Gasteiger partial charge on any atom is -0.711 e. The highest BCUT2D eigenvalue weighted by atomic mass is 16.5. The topological polar surface area (TPSA) is 81.4 Å². The number of fused-ring (bicyclic) bond motifs is 1. The van der Waals surface area contributed by atoms with Crippen LogP contribution in [-0.4, -0.2) is 28.9 Å². The zero-order chi connectivity index (χ0) is 23.3. The zero-order valence-electron chi connectivity index (χ0n) is 18.5. The minimum atomic E-state index is -0.744. The Bertz CT molecular complexity index is 1280. The highest BCUT2D eigenvalue weighted by Gasteiger charge is 2.36. The molecule has 1 atom stereocenters. The number of carbonyl (C=O) groups is 1. The molecule has 7 nitrogen and oxygen atoms in total. The number of amides is 1. The number of aromatic nitrogens is 2. The average molecular weight is 453 g/mol. The summed E-state index contributed by atoms with van der Waals surface area (Å²) in [4.78, 5) is 19.7. The molecule has 1 aromatic heterocycles. The fourth-order valence-electron chi connectivity index (χ4n) is 4.23. The maximum atomic E-state index is 13.5. The predicted molar refractivity (Wildman–Crippen MR) is 129 cm³/mol. The molecule has 5 rings (SSSR count). The minimum absolute atomic E-state index is 0.245. The van der Waals surface area contributed by atoms with E-state index >= 15 is 0 Å². The first-order valence-electron chi connectivity index (χ1n) is 11.1. The molecule has 0 fully saturated rings. The Hall–Kier alpha value is -4.23. The summed E-state index contributed by atoms with van der Waals surface area (Å²) in [6.45, 7) is 1.36. The van der Waals surface area contributed by atoms with E-state index in [1.807, 2.05) is 65.6 Å². The van der Waals surface area contributed by atoms with Crippen LogP contribution in [0.5, 0.6) is 5.88 Å². The molecule has 1 amide bonds. The van der Waals surface area contributed by atoms with Crippen LogP contribution in [0, 0.1) is 5.21 Å². The van der Waals surface area contributed by atoms with Gasteiger partial charge in [-0.2, -0.15) is 0 Å². The summed E-state index contributed by atoms with van der Waals surface area (Å²) in [6.07, 6.45) is 2.51. The number of rotatable bonds is 5. The average Bonchev–Trinajstić information content (AvgIpc) is 3.04. The molecule has 3 aromatic carbocycles. The Morgan fingerprint density at radius 1 is 1.03 bits per heavy atom. The van der Waals surface area contributed by atoms with Gasteiger partial charge in [0.25, 0.3) is 6.33 Å². The zero-order valence-corrected chi connectivity index (χ0v) is 18.5. The third-order valence-electron chi connectivity index (χ3n) is 5.79. The molecule has 1 N–H and O–H groups in total. The van der Waals surface area contributed by atoms with Crippen molar-refractivity contribution in [3.63, 3.8) is 0 Å². The van der Waals surface area contributed by atoms with Crippen molar-refractivity contribution in [1.29, 1.82) is 0 Å². The normalized spacial score (nSPS) is 15.6. The number of nitrogens with zero attached hydrogens (tertiary/aromatic N) is 3. The molecular formula is C27H24N4O3. The van der Waals surface area contributed by atoms with Gasteiger partial charge in [0.2, 0.25) is 5.91 Å². The quantitative estimate of drug-likeness (QED) is 0.366. The van der Waals surface area contributed by atoms with Crippen molar-refractivity contribution >= 4 is 11.6 Å². The van der Waals surface area contributed by atoms with E-state index in [4.69, 9.17) is 4.74 Å². The standard InChI is InChI=1S/C27H24N4O3/c32-26(29-23-12-5-2-6-13-23)25-24-18-31(33)19-28-27(24)34-15-14-30(25)17-20-8-7-11-22(16-20)21-9-3-1-4-10-21/h1-13,16,18-19,25H,14-15,17H2,(H,29,32). The summed E-state index contributed by atoms with van der Waals surface area (Å²) >= 11 is 0. The van der Waals surface area contributed by atoms with Crippen LogP contribution in [0.4, 0.5) is 5.69 Å². The number of hydrogen-bond donors (Lipinski definition) is 1. The third kappa shape index (κ3) is 4.74. The molecule has 0 aliphatic carbocycles. The van der Waals surface area contributed by atoms with Crippen LogP contribution in [0.25, 0.3) is 11.1 Å². The number of nitrogens with one attached hydrogen (secondary N) is 1. The molecule has 1 aliphatic heterocycles. The first kappa shape index (κ1) is 21.6. The smallest absolute Gasteiger partial charge is 0.336 e. The third-order valence-corrected chi connectivity index (χ3v) is 5.79. The lowest BCUT2D eigenvalue weighted by Gasteiger charge is -2.28. The van der Waals surface area contributed by atoms with E-state index in [1.165, 1.54) is 6.20 Å². The lowest BCUT2D eigenvalue weighted by atomic mass is 10.0. The van der Waals surface area contributed by atoms with Gasteiger partial charge in [-0.25, -0.2) is 4.73 Å². The highest BCUT2D eigenvalue weighted by molar-refractivity contribution is 5.95. The summed E-state index contributed by atoms with van der Waals surface area (Å²) in [6, 6.07) is 27.0. The second kappa shape index (κ2) is 9.72. The maximum absolute atomic E-state index is 13.5. The second-order valence-corrected chi connectivity index (χ2v) is 8.14. The summed E-state index contributed by atoms with van der Waals surface area (Å²) in [5, 5.41) is 15.1. The van der Waals surface area contributed by atoms with E-state index in [-0.39, 0.29) is 5.91 Å². The van der Waals surface area contributed by atoms with Crippen molar-refractivity contribution in [2.24, 2.45) is 0 Å². The second-order valence-electron chi connectivity index (χ2n) is 8.14. The summed E-state index contributed by atoms with van der Waals surface area (Å²) in [5.41, 5.74) is 4.42. The molecule has 170 valence electrons. The van der Waals surface area contributed by atoms with Crippen LogP contribution in [0.1, 0.15) is 17.2 Å². The van der Waals surface area contributed by atoms with Crippen LogP contribution in [0.15, 0.2) is 97.5 Å². The van der Waals surface area contributed by atoms with Gasteiger partial charge in [0.1, 0.15) is 24.4 Å². The Morgan fingerprint density at radius 2 is 1.76 bits per heavy atom. The maximum Gasteiger partial charge on any atom is 0.336 e. The number of benzene rings is 3. The lowest BCUT2D eigenvalue weighted by molar-refractivity contribution is -0.609. The molecule has 4 aromatic rings. The number of anilines is 1. The van der Waals surface area contributed by atoms with Gasteiger partial charge in [-0.05, 0) is 39.9 Å². The molecule has 0 spiro atoms. The summed E-state index contributed by atoms with van der Waals surface area (Å²) in [5.74, 6) is 0.0611. The highest BCUT2D eigenvalue weighted by Crippen LogP contribution is 2.32. The van der Waals surface area contributed by atoms with Gasteiger partial charge >= 0.3 is 5.88 Å². The van der Waals surface area contributed by atoms with E-state index < -0.39 is 6.04 Å². The number of para-hydroxylation sites is 1. The van der Waals surface area contributed by atoms with E-state index in [9.17, 15) is 10.0 Å². The van der Waals surface area contributed by atoms with Gasteiger partial charge in [0.05, 0.1) is 0 Å². The fourth-order valence-corrected chi connectivity index (χ4v) is 4.23. The molecule has 34 heavy (non-hydrogen) atoms. The van der Waals surface area contributed by atoms with Crippen molar-refractivity contribution in [2.75, 3.05) is 18.5 Å². The first-order valence-corrected chi connectivity index (χ1v) is 11.1. The van der Waals surface area contributed by atoms with Gasteiger partial charge in [-0.3, -0.25) is 9.69 Å². The number of hydrogen-bond acceptors (Lipinski definition) is 5. The Kier molecular flexibility index (Phi) is 6.18. The molecule has 2 heterocycles. The molecule has 1 unspecified atom stereocenters. The Labute approximate surface area is 197 Å². The molecule has 0 saturated heterocycles. The predicted octanol–water partition coefficient (Wildman–Crippen LogP) is 3.96. The largest absolute Gasteiger partial charge is 0.711 e. The molecule has 0 bridgehead atoms. The van der Waals surface area contributed by atoms with Gasteiger partial charge in [0, 0.05) is 18.8 Å². The van der Waals surface area contributed by atoms with Crippen LogP contribution < -0.4 is 14.8 Å². The number of ether oxygens (including phenoxy) is 1. The molecule has 1 aliphatic rings. The van der Waals surface area contributed by atoms with Crippen molar-refractivity contribution in [1.82, 2.24) is 9.88 Å². The van der Waals surface area contributed by atoms with Crippen LogP contribution >= 0.6 is 0 Å².